The van der Waals surface area contributed by atoms with Gasteiger partial charge in [-0.25, -0.2) is 4.39 Å². The second kappa shape index (κ2) is 6.54. The number of carbonyl (C=O) groups is 1. The van der Waals surface area contributed by atoms with E-state index in [-0.39, 0.29) is 18.1 Å². The number of aromatic hydroxyl groups is 1. The van der Waals surface area contributed by atoms with Gasteiger partial charge < -0.3 is 15.2 Å². The third-order valence-electron chi connectivity index (χ3n) is 3.69. The van der Waals surface area contributed by atoms with E-state index in [0.717, 1.165) is 5.56 Å². The number of aryl methyl sites for hydroxylation is 1. The summed E-state index contributed by atoms with van der Waals surface area (Å²) < 4.78 is 13.4. The average molecular weight is 326 g/mol. The molecule has 24 heavy (non-hydrogen) atoms. The lowest BCUT2D eigenvalue weighted by atomic mass is 10.1. The Morgan fingerprint density at radius 1 is 1.21 bits per heavy atom. The monoisotopic (exact) mass is 326 g/mol. The van der Waals surface area contributed by atoms with Gasteiger partial charge in [-0.05, 0) is 42.3 Å². The van der Waals surface area contributed by atoms with E-state index in [1.54, 1.807) is 18.2 Å². The number of aromatic nitrogens is 1. The largest absolute Gasteiger partial charge is 0.494 e. The van der Waals surface area contributed by atoms with Gasteiger partial charge in [0.25, 0.3) is 0 Å². The van der Waals surface area contributed by atoms with Crippen LogP contribution in [0.5, 0.6) is 5.88 Å². The fraction of sp³-hybridized carbons (Fsp3) is 0.111. The number of benzene rings is 2. The zero-order chi connectivity index (χ0) is 17.1. The maximum Gasteiger partial charge on any atom is 0.303 e. The Morgan fingerprint density at radius 2 is 1.96 bits per heavy atom. The van der Waals surface area contributed by atoms with Gasteiger partial charge >= 0.3 is 5.97 Å². The van der Waals surface area contributed by atoms with E-state index >= 15 is 0 Å². The molecule has 1 aromatic heterocycles. The van der Waals surface area contributed by atoms with Crippen molar-refractivity contribution in [1.29, 1.82) is 0 Å². The van der Waals surface area contributed by atoms with E-state index in [0.29, 0.717) is 28.6 Å². The van der Waals surface area contributed by atoms with Crippen LogP contribution in [0.2, 0.25) is 0 Å². The molecule has 0 amide bonds. The third-order valence-corrected chi connectivity index (χ3v) is 3.69. The molecule has 3 aromatic rings. The van der Waals surface area contributed by atoms with Gasteiger partial charge in [-0.2, -0.15) is 0 Å². The van der Waals surface area contributed by atoms with Crippen molar-refractivity contribution in [3.05, 3.63) is 59.4 Å². The molecule has 3 rings (SSSR count). The zero-order valence-electron chi connectivity index (χ0n) is 12.7. The summed E-state index contributed by atoms with van der Waals surface area (Å²) in [5.41, 5.74) is 2.60. The fourth-order valence-electron chi connectivity index (χ4n) is 2.44. The van der Waals surface area contributed by atoms with Crippen LogP contribution in [-0.2, 0) is 11.2 Å². The minimum Gasteiger partial charge on any atom is -0.494 e. The molecule has 2 aromatic carbocycles. The number of carboxylic acids is 1. The SMILES string of the molecule is O=C(O)CCc1ccc(N=Cc2c(O)[nH]c3ccc(F)cc23)cc1. The second-order valence-electron chi connectivity index (χ2n) is 5.40. The van der Waals surface area contributed by atoms with E-state index in [1.807, 2.05) is 12.1 Å². The van der Waals surface area contributed by atoms with Crippen LogP contribution in [-0.4, -0.2) is 27.4 Å². The number of hydrogen-bond donors (Lipinski definition) is 3. The maximum absolute atomic E-state index is 13.4. The molecule has 0 bridgehead atoms. The van der Waals surface area contributed by atoms with Gasteiger partial charge in [0, 0.05) is 23.5 Å². The number of aliphatic carboxylic acids is 1. The Hall–Kier alpha value is -3.15. The number of carboxylic acid groups (broad SMARTS) is 1. The van der Waals surface area contributed by atoms with Crippen LogP contribution in [0.4, 0.5) is 10.1 Å². The molecule has 0 saturated heterocycles. The molecule has 0 atom stereocenters. The Morgan fingerprint density at radius 3 is 2.67 bits per heavy atom. The fourth-order valence-corrected chi connectivity index (χ4v) is 2.44. The first-order chi connectivity index (χ1) is 11.5. The average Bonchev–Trinajstić information content (AvgIpc) is 2.86. The van der Waals surface area contributed by atoms with Crippen LogP contribution < -0.4 is 0 Å². The number of aliphatic imine (C=N–C) groups is 1. The van der Waals surface area contributed by atoms with Crippen molar-refractivity contribution in [2.45, 2.75) is 12.8 Å². The van der Waals surface area contributed by atoms with Gasteiger partial charge in [-0.1, -0.05) is 12.1 Å². The molecule has 3 N–H and O–H groups in total. The molecule has 0 aliphatic carbocycles. The molecule has 5 nitrogen and oxygen atoms in total. The van der Waals surface area contributed by atoms with Crippen molar-refractivity contribution >= 4 is 28.8 Å². The minimum atomic E-state index is -0.834. The Kier molecular flexibility index (Phi) is 4.29. The first kappa shape index (κ1) is 15.7. The van der Waals surface area contributed by atoms with Crippen LogP contribution in [0.25, 0.3) is 10.9 Å². The van der Waals surface area contributed by atoms with E-state index in [1.165, 1.54) is 18.3 Å². The number of nitrogens with one attached hydrogen (secondary N) is 1. The number of fused-ring (bicyclic) bond motifs is 1. The van der Waals surface area contributed by atoms with Crippen molar-refractivity contribution in [2.75, 3.05) is 0 Å². The summed E-state index contributed by atoms with van der Waals surface area (Å²) in [6.45, 7) is 0. The third kappa shape index (κ3) is 3.43. The van der Waals surface area contributed by atoms with Crippen LogP contribution in [0, 0.1) is 5.82 Å². The summed E-state index contributed by atoms with van der Waals surface area (Å²) in [5.74, 6) is -1.30. The first-order valence-corrected chi connectivity index (χ1v) is 7.38. The van der Waals surface area contributed by atoms with Gasteiger partial charge in [0.05, 0.1) is 11.3 Å². The van der Waals surface area contributed by atoms with E-state index in [9.17, 15) is 14.3 Å². The first-order valence-electron chi connectivity index (χ1n) is 7.38. The Balaban J connectivity index is 1.82. The molecule has 0 saturated carbocycles. The normalized spacial score (nSPS) is 11.4. The van der Waals surface area contributed by atoms with E-state index in [4.69, 9.17) is 5.11 Å². The van der Waals surface area contributed by atoms with Crippen molar-refractivity contribution in [3.8, 4) is 5.88 Å². The molecular weight excluding hydrogens is 311 g/mol. The summed E-state index contributed by atoms with van der Waals surface area (Å²) >= 11 is 0. The highest BCUT2D eigenvalue weighted by Gasteiger charge is 2.09. The lowest BCUT2D eigenvalue weighted by molar-refractivity contribution is -0.136. The van der Waals surface area contributed by atoms with E-state index in [2.05, 4.69) is 9.98 Å². The predicted octanol–water partition coefficient (Wildman–Crippen LogP) is 3.78. The maximum atomic E-state index is 13.4. The summed E-state index contributed by atoms with van der Waals surface area (Å²) in [5, 5.41) is 19.2. The van der Waals surface area contributed by atoms with Crippen LogP contribution in [0.3, 0.4) is 0 Å². The Labute approximate surface area is 137 Å². The molecule has 0 spiro atoms. The van der Waals surface area contributed by atoms with Crippen molar-refractivity contribution in [1.82, 2.24) is 4.98 Å². The van der Waals surface area contributed by atoms with Crippen LogP contribution >= 0.6 is 0 Å². The molecule has 6 heteroatoms. The number of rotatable bonds is 5. The van der Waals surface area contributed by atoms with Crippen LogP contribution in [0.15, 0.2) is 47.5 Å². The second-order valence-corrected chi connectivity index (χ2v) is 5.40. The summed E-state index contributed by atoms with van der Waals surface area (Å²) in [6.07, 6.45) is 2.01. The lowest BCUT2D eigenvalue weighted by Crippen LogP contribution is -1.96. The number of nitrogens with zero attached hydrogens (tertiary/aromatic N) is 1. The molecular formula is C18H15FN2O3. The highest BCUT2D eigenvalue weighted by molar-refractivity contribution is 6.02. The topological polar surface area (TPSA) is 85.7 Å². The highest BCUT2D eigenvalue weighted by atomic mass is 19.1. The molecule has 0 fully saturated rings. The zero-order valence-corrected chi connectivity index (χ0v) is 12.7. The number of hydrogen-bond acceptors (Lipinski definition) is 3. The molecule has 0 aliphatic rings. The van der Waals surface area contributed by atoms with Gasteiger partial charge in [-0.3, -0.25) is 9.79 Å². The van der Waals surface area contributed by atoms with E-state index < -0.39 is 5.97 Å². The number of aromatic amines is 1. The van der Waals surface area contributed by atoms with Crippen molar-refractivity contribution < 1.29 is 19.4 Å². The van der Waals surface area contributed by atoms with Crippen molar-refractivity contribution in [3.63, 3.8) is 0 Å². The molecule has 0 aliphatic heterocycles. The smallest absolute Gasteiger partial charge is 0.303 e. The van der Waals surface area contributed by atoms with Gasteiger partial charge in [0.15, 0.2) is 5.88 Å². The number of halogens is 1. The molecule has 122 valence electrons. The number of H-pyrrole nitrogens is 1. The lowest BCUT2D eigenvalue weighted by Gasteiger charge is -1.99. The summed E-state index contributed by atoms with van der Waals surface area (Å²) in [6, 6.07) is 11.4. The minimum absolute atomic E-state index is 0.0718. The molecule has 0 unspecified atom stereocenters. The summed E-state index contributed by atoms with van der Waals surface area (Å²) in [7, 11) is 0. The van der Waals surface area contributed by atoms with Crippen molar-refractivity contribution in [2.24, 2.45) is 4.99 Å². The quantitative estimate of drug-likeness (QED) is 0.624. The summed E-state index contributed by atoms with van der Waals surface area (Å²) in [4.78, 5) is 17.6. The standard InChI is InChI=1S/C18H15FN2O3/c19-12-4-7-16-14(9-12)15(18(24)21-16)10-20-13-5-1-11(2-6-13)3-8-17(22)23/h1-2,4-7,9-10,21,24H,3,8H2,(H,22,23). The Bertz CT molecular complexity index is 914. The highest BCUT2D eigenvalue weighted by Crippen LogP contribution is 2.27. The van der Waals surface area contributed by atoms with Crippen LogP contribution in [0.1, 0.15) is 17.5 Å². The van der Waals surface area contributed by atoms with Gasteiger partial charge in [-0.15, -0.1) is 0 Å². The molecule has 1 heterocycles. The van der Waals surface area contributed by atoms with Gasteiger partial charge in [0.1, 0.15) is 5.82 Å². The van der Waals surface area contributed by atoms with Gasteiger partial charge in [0.2, 0.25) is 0 Å². The predicted molar refractivity (Wildman–Crippen MR) is 89.6 cm³/mol. The molecule has 0 radical (unpaired) electrons.